The van der Waals surface area contributed by atoms with Gasteiger partial charge in [0.25, 0.3) is 0 Å². The molecule has 32 heavy (non-hydrogen) atoms. The minimum atomic E-state index is -0.393. The quantitative estimate of drug-likeness (QED) is 0.430. The molecule has 7 nitrogen and oxygen atoms in total. The molecule has 5 rings (SSSR count). The van der Waals surface area contributed by atoms with E-state index >= 15 is 0 Å². The predicted octanol–water partition coefficient (Wildman–Crippen LogP) is 4.52. The molecule has 0 saturated heterocycles. The summed E-state index contributed by atoms with van der Waals surface area (Å²) in [6, 6.07) is 18.1. The molecule has 0 bridgehead atoms. The van der Waals surface area contributed by atoms with E-state index in [-0.39, 0.29) is 0 Å². The third-order valence-corrected chi connectivity index (χ3v) is 5.14. The van der Waals surface area contributed by atoms with Crippen molar-refractivity contribution in [1.29, 1.82) is 0 Å². The average molecular weight is 425 g/mol. The maximum Gasteiger partial charge on any atom is 0.225 e. The van der Waals surface area contributed by atoms with Gasteiger partial charge in [0.15, 0.2) is 5.65 Å². The minimum absolute atomic E-state index is 0.335. The van der Waals surface area contributed by atoms with Gasteiger partial charge in [-0.25, -0.2) is 14.1 Å². The van der Waals surface area contributed by atoms with Gasteiger partial charge >= 0.3 is 0 Å². The second-order valence-electron chi connectivity index (χ2n) is 7.42. The largest absolute Gasteiger partial charge is 0.383 e. The average Bonchev–Trinajstić information content (AvgIpc) is 3.15. The number of aryl methyl sites for hydroxylation is 1. The summed E-state index contributed by atoms with van der Waals surface area (Å²) in [6.07, 6.45) is 3.44. The van der Waals surface area contributed by atoms with Crippen LogP contribution in [0.3, 0.4) is 0 Å². The zero-order valence-electron chi connectivity index (χ0n) is 17.3. The highest BCUT2D eigenvalue weighted by atomic mass is 19.1. The Morgan fingerprint density at radius 3 is 2.59 bits per heavy atom. The third kappa shape index (κ3) is 3.62. The topological polar surface area (TPSA) is 94.5 Å². The van der Waals surface area contributed by atoms with Crippen molar-refractivity contribution in [3.8, 4) is 16.9 Å². The fourth-order valence-corrected chi connectivity index (χ4v) is 3.58. The van der Waals surface area contributed by atoms with Gasteiger partial charge in [-0.05, 0) is 54.4 Å². The fourth-order valence-electron chi connectivity index (χ4n) is 3.58. The van der Waals surface area contributed by atoms with Crippen LogP contribution in [0.15, 0.2) is 73.1 Å². The molecule has 2 aromatic carbocycles. The number of aromatic nitrogens is 5. The van der Waals surface area contributed by atoms with E-state index in [9.17, 15) is 4.39 Å². The molecule has 8 heteroatoms. The molecule has 0 saturated carbocycles. The lowest BCUT2D eigenvalue weighted by molar-refractivity contribution is 0.631. The van der Waals surface area contributed by atoms with Gasteiger partial charge in [-0.1, -0.05) is 24.3 Å². The van der Waals surface area contributed by atoms with E-state index in [0.29, 0.717) is 40.6 Å². The molecule has 0 unspecified atom stereocenters. The number of pyridine rings is 1. The number of hydrogen-bond acceptors (Lipinski definition) is 6. The van der Waals surface area contributed by atoms with E-state index in [1.54, 1.807) is 35.3 Å². The first-order valence-corrected chi connectivity index (χ1v) is 10.1. The minimum Gasteiger partial charge on any atom is -0.383 e. The summed E-state index contributed by atoms with van der Waals surface area (Å²) >= 11 is 0. The summed E-state index contributed by atoms with van der Waals surface area (Å²) in [5, 5.41) is 8.33. The van der Waals surface area contributed by atoms with E-state index in [1.165, 1.54) is 6.07 Å². The van der Waals surface area contributed by atoms with Gasteiger partial charge < -0.3 is 11.1 Å². The van der Waals surface area contributed by atoms with Crippen LogP contribution in [0.25, 0.3) is 28.0 Å². The zero-order chi connectivity index (χ0) is 22.1. The first-order chi connectivity index (χ1) is 15.6. The summed E-state index contributed by atoms with van der Waals surface area (Å²) in [5.41, 5.74) is 10.5. The Bertz CT molecular complexity index is 1410. The molecule has 5 aromatic rings. The van der Waals surface area contributed by atoms with Crippen molar-refractivity contribution in [2.45, 2.75) is 13.5 Å². The van der Waals surface area contributed by atoms with Crippen LogP contribution in [-0.2, 0) is 6.54 Å². The Morgan fingerprint density at radius 2 is 1.81 bits per heavy atom. The van der Waals surface area contributed by atoms with Gasteiger partial charge in [0, 0.05) is 24.5 Å². The van der Waals surface area contributed by atoms with E-state index in [4.69, 9.17) is 5.73 Å². The van der Waals surface area contributed by atoms with E-state index in [2.05, 4.69) is 25.4 Å². The lowest BCUT2D eigenvalue weighted by atomic mass is 10.1. The van der Waals surface area contributed by atoms with Crippen molar-refractivity contribution in [2.24, 2.45) is 0 Å². The summed E-state index contributed by atoms with van der Waals surface area (Å²) < 4.78 is 16.4. The van der Waals surface area contributed by atoms with Crippen LogP contribution in [0.2, 0.25) is 0 Å². The summed E-state index contributed by atoms with van der Waals surface area (Å²) in [6.45, 7) is 2.48. The number of nitrogens with two attached hydrogens (primary N) is 1. The molecule has 0 atom stereocenters. The van der Waals surface area contributed by atoms with Gasteiger partial charge in [-0.15, -0.1) is 5.10 Å². The van der Waals surface area contributed by atoms with Crippen LogP contribution in [0, 0.1) is 12.7 Å². The number of nitrogens with zero attached hydrogens (tertiary/aromatic N) is 5. The van der Waals surface area contributed by atoms with Crippen molar-refractivity contribution in [3.63, 3.8) is 0 Å². The van der Waals surface area contributed by atoms with Crippen LogP contribution in [0.1, 0.15) is 11.1 Å². The van der Waals surface area contributed by atoms with Crippen LogP contribution in [0.5, 0.6) is 0 Å². The molecule has 0 radical (unpaired) electrons. The molecule has 0 spiro atoms. The Balaban J connectivity index is 1.67. The SMILES string of the molecule is Cc1cccc(-n2nc3nc(NCc4ccncc4)nc(-c4ccccc4F)c3c2N)c1. The maximum atomic E-state index is 14.7. The van der Waals surface area contributed by atoms with Crippen molar-refractivity contribution in [3.05, 3.63) is 90.0 Å². The molecule has 0 aliphatic rings. The zero-order valence-corrected chi connectivity index (χ0v) is 17.3. The lowest BCUT2D eigenvalue weighted by Gasteiger charge is -2.09. The highest BCUT2D eigenvalue weighted by Gasteiger charge is 2.21. The Labute approximate surface area is 183 Å². The molecular weight excluding hydrogens is 405 g/mol. The van der Waals surface area contributed by atoms with Gasteiger partial charge in [-0.3, -0.25) is 4.98 Å². The van der Waals surface area contributed by atoms with Crippen LogP contribution >= 0.6 is 0 Å². The Kier molecular flexibility index (Phi) is 4.95. The lowest BCUT2D eigenvalue weighted by Crippen LogP contribution is -2.05. The Morgan fingerprint density at radius 1 is 1.00 bits per heavy atom. The molecule has 158 valence electrons. The highest BCUT2D eigenvalue weighted by Crippen LogP contribution is 2.34. The van der Waals surface area contributed by atoms with Gasteiger partial charge in [0.2, 0.25) is 5.95 Å². The van der Waals surface area contributed by atoms with Crippen molar-refractivity contribution in [2.75, 3.05) is 11.1 Å². The number of benzene rings is 2. The molecule has 0 aliphatic carbocycles. The summed E-state index contributed by atoms with van der Waals surface area (Å²) in [5.74, 6) is 0.293. The maximum absolute atomic E-state index is 14.7. The monoisotopic (exact) mass is 425 g/mol. The fraction of sp³-hybridized carbons (Fsp3) is 0.0833. The number of rotatable bonds is 5. The second kappa shape index (κ2) is 8.07. The first kappa shape index (κ1) is 19.6. The van der Waals surface area contributed by atoms with Crippen LogP contribution < -0.4 is 11.1 Å². The molecule has 3 N–H and O–H groups in total. The highest BCUT2D eigenvalue weighted by molar-refractivity contribution is 5.99. The first-order valence-electron chi connectivity index (χ1n) is 10.1. The standard InChI is InChI=1S/C24H20FN7/c1-15-5-4-6-17(13-15)32-22(26)20-21(18-7-2-3-8-19(18)25)29-24(30-23(20)31-32)28-14-16-9-11-27-12-10-16/h2-13H,14,26H2,1H3,(H,28,30,31). The van der Waals surface area contributed by atoms with Crippen molar-refractivity contribution in [1.82, 2.24) is 24.7 Å². The smallest absolute Gasteiger partial charge is 0.225 e. The molecule has 0 amide bonds. The second-order valence-corrected chi connectivity index (χ2v) is 7.42. The molecule has 3 heterocycles. The summed E-state index contributed by atoms with van der Waals surface area (Å²) in [7, 11) is 0. The summed E-state index contributed by atoms with van der Waals surface area (Å²) in [4.78, 5) is 13.2. The normalized spacial score (nSPS) is 11.1. The molecule has 3 aromatic heterocycles. The van der Waals surface area contributed by atoms with Gasteiger partial charge in [0.1, 0.15) is 11.6 Å². The van der Waals surface area contributed by atoms with E-state index < -0.39 is 5.82 Å². The predicted molar refractivity (Wildman–Crippen MR) is 123 cm³/mol. The molecule has 0 fully saturated rings. The number of halogens is 1. The number of fused-ring (bicyclic) bond motifs is 1. The third-order valence-electron chi connectivity index (χ3n) is 5.14. The van der Waals surface area contributed by atoms with E-state index in [1.807, 2.05) is 43.3 Å². The Hall–Kier alpha value is -4.33. The van der Waals surface area contributed by atoms with Crippen molar-refractivity contribution >= 4 is 22.8 Å². The molecule has 0 aliphatic heterocycles. The van der Waals surface area contributed by atoms with E-state index in [0.717, 1.165) is 16.8 Å². The number of nitrogens with one attached hydrogen (secondary N) is 1. The van der Waals surface area contributed by atoms with Crippen LogP contribution in [0.4, 0.5) is 16.2 Å². The molecular formula is C24H20FN7. The number of anilines is 2. The number of nitrogen functional groups attached to an aromatic ring is 1. The van der Waals surface area contributed by atoms with Crippen LogP contribution in [-0.4, -0.2) is 24.7 Å². The van der Waals surface area contributed by atoms with Crippen molar-refractivity contribution < 1.29 is 4.39 Å². The van der Waals surface area contributed by atoms with Gasteiger partial charge in [-0.2, -0.15) is 4.98 Å². The number of hydrogen-bond donors (Lipinski definition) is 2. The van der Waals surface area contributed by atoms with Gasteiger partial charge in [0.05, 0.1) is 16.8 Å².